The highest BCUT2D eigenvalue weighted by atomic mass is 32.1. The SMILES string of the molecule is CCc1sc(C(=O)NCC2(C(N)=O)CCOCC2)cc1C. The van der Waals surface area contributed by atoms with Crippen LogP contribution in [0.3, 0.4) is 0 Å². The maximum atomic E-state index is 12.2. The molecule has 0 aromatic carbocycles. The first-order chi connectivity index (χ1) is 9.98. The highest BCUT2D eigenvalue weighted by Crippen LogP contribution is 2.30. The van der Waals surface area contributed by atoms with Crippen LogP contribution >= 0.6 is 11.3 Å². The van der Waals surface area contributed by atoms with Crippen molar-refractivity contribution in [3.8, 4) is 0 Å². The van der Waals surface area contributed by atoms with Crippen LogP contribution in [0, 0.1) is 12.3 Å². The van der Waals surface area contributed by atoms with E-state index in [1.165, 1.54) is 16.2 Å². The van der Waals surface area contributed by atoms with Gasteiger partial charge in [-0.2, -0.15) is 0 Å². The second-order valence-electron chi connectivity index (χ2n) is 5.51. The smallest absolute Gasteiger partial charge is 0.261 e. The van der Waals surface area contributed by atoms with Gasteiger partial charge in [-0.15, -0.1) is 11.3 Å². The third kappa shape index (κ3) is 3.44. The maximum absolute atomic E-state index is 12.2. The summed E-state index contributed by atoms with van der Waals surface area (Å²) >= 11 is 1.51. The fourth-order valence-corrected chi connectivity index (χ4v) is 3.62. The Balaban J connectivity index is 2.03. The molecule has 1 aliphatic heterocycles. The predicted molar refractivity (Wildman–Crippen MR) is 82.4 cm³/mol. The fraction of sp³-hybridized carbons (Fsp3) is 0.600. The first kappa shape index (κ1) is 16.0. The van der Waals surface area contributed by atoms with Gasteiger partial charge in [0.25, 0.3) is 5.91 Å². The van der Waals surface area contributed by atoms with E-state index in [0.29, 0.717) is 30.9 Å². The second-order valence-corrected chi connectivity index (χ2v) is 6.65. The Morgan fingerprint density at radius 3 is 2.62 bits per heavy atom. The summed E-state index contributed by atoms with van der Waals surface area (Å²) in [5.74, 6) is -0.488. The standard InChI is InChI=1S/C15H22N2O3S/c1-3-11-10(2)8-12(21-11)13(18)17-9-15(14(16)19)4-6-20-7-5-15/h8H,3-7,9H2,1-2H3,(H2,16,19)(H,17,18). The average Bonchev–Trinajstić information content (AvgIpc) is 2.86. The van der Waals surface area contributed by atoms with Crippen molar-refractivity contribution < 1.29 is 14.3 Å². The molecule has 1 aliphatic rings. The van der Waals surface area contributed by atoms with E-state index in [0.717, 1.165) is 12.0 Å². The largest absolute Gasteiger partial charge is 0.381 e. The lowest BCUT2D eigenvalue weighted by molar-refractivity contribution is -0.132. The second kappa shape index (κ2) is 6.58. The molecular formula is C15H22N2O3S. The minimum absolute atomic E-state index is 0.130. The lowest BCUT2D eigenvalue weighted by Crippen LogP contribution is -2.49. The number of hydrogen-bond acceptors (Lipinski definition) is 4. The molecule has 1 saturated heterocycles. The van der Waals surface area contributed by atoms with Gasteiger partial charge in [-0.1, -0.05) is 6.92 Å². The van der Waals surface area contributed by atoms with E-state index in [-0.39, 0.29) is 18.4 Å². The van der Waals surface area contributed by atoms with Crippen LogP contribution in [0.2, 0.25) is 0 Å². The third-order valence-corrected chi connectivity index (χ3v) is 5.51. The summed E-state index contributed by atoms with van der Waals surface area (Å²) in [6, 6.07) is 1.90. The Morgan fingerprint density at radius 1 is 1.43 bits per heavy atom. The normalized spacial score (nSPS) is 17.4. The highest BCUT2D eigenvalue weighted by Gasteiger charge is 2.38. The number of thiophene rings is 1. The minimum Gasteiger partial charge on any atom is -0.381 e. The van der Waals surface area contributed by atoms with E-state index in [1.54, 1.807) is 0 Å². The minimum atomic E-state index is -0.673. The van der Waals surface area contributed by atoms with Gasteiger partial charge in [-0.25, -0.2) is 0 Å². The monoisotopic (exact) mass is 310 g/mol. The van der Waals surface area contributed by atoms with Gasteiger partial charge in [0.15, 0.2) is 0 Å². The predicted octanol–water partition coefficient (Wildman–Crippen LogP) is 1.63. The fourth-order valence-electron chi connectivity index (χ4n) is 2.59. The van der Waals surface area contributed by atoms with E-state index in [2.05, 4.69) is 12.2 Å². The Morgan fingerprint density at radius 2 is 2.10 bits per heavy atom. The van der Waals surface area contributed by atoms with Crippen LogP contribution in [0.4, 0.5) is 0 Å². The average molecular weight is 310 g/mol. The molecule has 116 valence electrons. The summed E-state index contributed by atoms with van der Waals surface area (Å²) in [5, 5.41) is 2.87. The highest BCUT2D eigenvalue weighted by molar-refractivity contribution is 7.14. The van der Waals surface area contributed by atoms with Crippen molar-refractivity contribution in [3.63, 3.8) is 0 Å². The van der Waals surface area contributed by atoms with Crippen molar-refractivity contribution in [2.24, 2.45) is 11.1 Å². The summed E-state index contributed by atoms with van der Waals surface area (Å²) < 4.78 is 5.28. The summed E-state index contributed by atoms with van der Waals surface area (Å²) in [6.45, 7) is 5.39. The Bertz CT molecular complexity index is 533. The topological polar surface area (TPSA) is 81.4 Å². The summed E-state index contributed by atoms with van der Waals surface area (Å²) in [5.41, 5.74) is 6.00. The molecule has 1 aromatic rings. The Hall–Kier alpha value is -1.40. The molecule has 0 atom stereocenters. The van der Waals surface area contributed by atoms with Gasteiger partial charge in [0.1, 0.15) is 0 Å². The van der Waals surface area contributed by atoms with Gasteiger partial charge in [0.2, 0.25) is 5.91 Å². The first-order valence-corrected chi connectivity index (χ1v) is 8.05. The van der Waals surface area contributed by atoms with Crippen LogP contribution in [0.15, 0.2) is 6.07 Å². The zero-order valence-electron chi connectivity index (χ0n) is 12.5. The van der Waals surface area contributed by atoms with Gasteiger partial charge in [0, 0.05) is 24.6 Å². The molecule has 0 unspecified atom stereocenters. The number of nitrogens with two attached hydrogens (primary N) is 1. The van der Waals surface area contributed by atoms with Crippen LogP contribution in [0.1, 0.15) is 39.9 Å². The molecule has 6 heteroatoms. The van der Waals surface area contributed by atoms with Gasteiger partial charge in [0.05, 0.1) is 10.3 Å². The van der Waals surface area contributed by atoms with Crippen molar-refractivity contribution in [3.05, 3.63) is 21.4 Å². The number of carbonyl (C=O) groups excluding carboxylic acids is 2. The molecule has 0 bridgehead atoms. The first-order valence-electron chi connectivity index (χ1n) is 7.23. The molecule has 21 heavy (non-hydrogen) atoms. The molecular weight excluding hydrogens is 288 g/mol. The van der Waals surface area contributed by atoms with Gasteiger partial charge in [-0.05, 0) is 37.8 Å². The van der Waals surface area contributed by atoms with Crippen LogP contribution in [0.5, 0.6) is 0 Å². The molecule has 1 fully saturated rings. The van der Waals surface area contributed by atoms with E-state index in [9.17, 15) is 9.59 Å². The zero-order chi connectivity index (χ0) is 15.5. The number of hydrogen-bond donors (Lipinski definition) is 2. The molecule has 0 saturated carbocycles. The number of carbonyl (C=O) groups is 2. The van der Waals surface area contributed by atoms with Crippen molar-refractivity contribution in [2.45, 2.75) is 33.1 Å². The van der Waals surface area contributed by atoms with Crippen molar-refractivity contribution in [1.29, 1.82) is 0 Å². The Labute approximate surface area is 128 Å². The maximum Gasteiger partial charge on any atom is 0.261 e. The van der Waals surface area contributed by atoms with Gasteiger partial charge in [-0.3, -0.25) is 9.59 Å². The number of amides is 2. The number of aryl methyl sites for hydroxylation is 2. The molecule has 2 heterocycles. The lowest BCUT2D eigenvalue weighted by atomic mass is 9.79. The molecule has 0 radical (unpaired) electrons. The van der Waals surface area contributed by atoms with Crippen molar-refractivity contribution in [2.75, 3.05) is 19.8 Å². The molecule has 3 N–H and O–H groups in total. The third-order valence-electron chi connectivity index (χ3n) is 4.13. The van der Waals surface area contributed by atoms with Gasteiger partial charge < -0.3 is 15.8 Å². The van der Waals surface area contributed by atoms with Crippen LogP contribution in [0.25, 0.3) is 0 Å². The van der Waals surface area contributed by atoms with E-state index < -0.39 is 5.41 Å². The number of rotatable bonds is 5. The number of nitrogens with one attached hydrogen (secondary N) is 1. The van der Waals surface area contributed by atoms with Crippen LogP contribution < -0.4 is 11.1 Å². The molecule has 5 nitrogen and oxygen atoms in total. The lowest BCUT2D eigenvalue weighted by Gasteiger charge is -2.34. The zero-order valence-corrected chi connectivity index (χ0v) is 13.3. The molecule has 2 rings (SSSR count). The van der Waals surface area contributed by atoms with Crippen molar-refractivity contribution in [1.82, 2.24) is 5.32 Å². The van der Waals surface area contributed by atoms with E-state index in [1.807, 2.05) is 13.0 Å². The summed E-state index contributed by atoms with van der Waals surface area (Å²) in [4.78, 5) is 25.9. The van der Waals surface area contributed by atoms with Crippen LogP contribution in [-0.4, -0.2) is 31.6 Å². The summed E-state index contributed by atoms with van der Waals surface area (Å²) in [6.07, 6.45) is 2.05. The van der Waals surface area contributed by atoms with E-state index >= 15 is 0 Å². The van der Waals surface area contributed by atoms with E-state index in [4.69, 9.17) is 10.5 Å². The molecule has 0 aliphatic carbocycles. The number of ether oxygens (including phenoxy) is 1. The molecule has 0 spiro atoms. The molecule has 1 aromatic heterocycles. The quantitative estimate of drug-likeness (QED) is 0.867. The van der Waals surface area contributed by atoms with Crippen molar-refractivity contribution >= 4 is 23.2 Å². The number of primary amides is 1. The van der Waals surface area contributed by atoms with Crippen LogP contribution in [-0.2, 0) is 16.0 Å². The summed E-state index contributed by atoms with van der Waals surface area (Å²) in [7, 11) is 0. The Kier molecular flexibility index (Phi) is 5.00. The molecule has 2 amide bonds. The van der Waals surface area contributed by atoms with Gasteiger partial charge >= 0.3 is 0 Å².